The molecule has 0 saturated carbocycles. The molecule has 1 atom stereocenters. The Bertz CT molecular complexity index is 598. The summed E-state index contributed by atoms with van der Waals surface area (Å²) in [5.41, 5.74) is 5.66. The molecule has 106 valence electrons. The number of aromatic amines is 1. The number of fused-ring (bicyclic) bond motifs is 1. The number of rotatable bonds is 3. The highest BCUT2D eigenvalue weighted by molar-refractivity contribution is 5.38. The van der Waals surface area contributed by atoms with E-state index >= 15 is 0 Å². The second kappa shape index (κ2) is 5.06. The molecule has 3 heteroatoms. The van der Waals surface area contributed by atoms with Crippen LogP contribution in [0.2, 0.25) is 0 Å². The van der Waals surface area contributed by atoms with Crippen molar-refractivity contribution >= 4 is 0 Å². The highest BCUT2D eigenvalue weighted by Crippen LogP contribution is 2.41. The van der Waals surface area contributed by atoms with E-state index in [4.69, 9.17) is 0 Å². The van der Waals surface area contributed by atoms with Crippen LogP contribution in [0.3, 0.4) is 0 Å². The SMILES string of the molecule is Cc1[nH]ncc1CNC1CCC(C)(C)c2ccccc21. The van der Waals surface area contributed by atoms with Crippen molar-refractivity contribution in [2.24, 2.45) is 0 Å². The molecule has 20 heavy (non-hydrogen) atoms. The maximum atomic E-state index is 4.09. The number of H-pyrrole nitrogens is 1. The summed E-state index contributed by atoms with van der Waals surface area (Å²) in [4.78, 5) is 0. The van der Waals surface area contributed by atoms with E-state index in [1.807, 2.05) is 6.20 Å². The maximum Gasteiger partial charge on any atom is 0.0535 e. The van der Waals surface area contributed by atoms with Crippen molar-refractivity contribution in [2.75, 3.05) is 0 Å². The average Bonchev–Trinajstić information content (AvgIpc) is 2.84. The van der Waals surface area contributed by atoms with E-state index < -0.39 is 0 Å². The standard InChI is InChI=1S/C17H23N3/c1-12-13(11-19-20-12)10-18-16-8-9-17(2,3)15-7-5-4-6-14(15)16/h4-7,11,16,18H,8-10H2,1-3H3,(H,19,20). The number of hydrogen-bond acceptors (Lipinski definition) is 2. The Morgan fingerprint density at radius 2 is 2.15 bits per heavy atom. The predicted molar refractivity (Wildman–Crippen MR) is 81.6 cm³/mol. The summed E-state index contributed by atoms with van der Waals surface area (Å²) in [5.74, 6) is 0. The third-order valence-electron chi connectivity index (χ3n) is 4.60. The first-order valence-corrected chi connectivity index (χ1v) is 7.39. The van der Waals surface area contributed by atoms with Gasteiger partial charge in [0.25, 0.3) is 0 Å². The zero-order valence-electron chi connectivity index (χ0n) is 12.5. The zero-order valence-corrected chi connectivity index (χ0v) is 12.5. The van der Waals surface area contributed by atoms with Crippen LogP contribution in [0.4, 0.5) is 0 Å². The molecule has 0 spiro atoms. The van der Waals surface area contributed by atoms with Gasteiger partial charge in [-0.1, -0.05) is 38.1 Å². The number of aromatic nitrogens is 2. The molecule has 0 aliphatic heterocycles. The number of aryl methyl sites for hydroxylation is 1. The van der Waals surface area contributed by atoms with E-state index in [0.29, 0.717) is 11.5 Å². The van der Waals surface area contributed by atoms with Crippen LogP contribution in [0.15, 0.2) is 30.5 Å². The fraction of sp³-hybridized carbons (Fsp3) is 0.471. The molecule has 1 aliphatic carbocycles. The molecule has 3 nitrogen and oxygen atoms in total. The van der Waals surface area contributed by atoms with E-state index in [1.54, 1.807) is 0 Å². The Balaban J connectivity index is 1.80. The van der Waals surface area contributed by atoms with Gasteiger partial charge in [-0.3, -0.25) is 5.10 Å². The first-order valence-electron chi connectivity index (χ1n) is 7.39. The minimum absolute atomic E-state index is 0.292. The smallest absolute Gasteiger partial charge is 0.0535 e. The van der Waals surface area contributed by atoms with Crippen LogP contribution in [-0.4, -0.2) is 10.2 Å². The lowest BCUT2D eigenvalue weighted by Crippen LogP contribution is -2.32. The minimum atomic E-state index is 0.292. The zero-order chi connectivity index (χ0) is 14.2. The molecule has 1 unspecified atom stereocenters. The molecular formula is C17H23N3. The van der Waals surface area contributed by atoms with Crippen molar-refractivity contribution in [3.05, 3.63) is 52.8 Å². The lowest BCUT2D eigenvalue weighted by atomic mass is 9.71. The van der Waals surface area contributed by atoms with Crippen molar-refractivity contribution < 1.29 is 0 Å². The maximum absolute atomic E-state index is 4.09. The van der Waals surface area contributed by atoms with Crippen LogP contribution in [-0.2, 0) is 12.0 Å². The molecule has 0 fully saturated rings. The Kier molecular flexibility index (Phi) is 3.38. The minimum Gasteiger partial charge on any atom is -0.306 e. The van der Waals surface area contributed by atoms with E-state index in [0.717, 1.165) is 12.2 Å². The van der Waals surface area contributed by atoms with Gasteiger partial charge in [0.15, 0.2) is 0 Å². The first kappa shape index (κ1) is 13.4. The monoisotopic (exact) mass is 269 g/mol. The molecule has 1 aromatic heterocycles. The summed E-state index contributed by atoms with van der Waals surface area (Å²) in [6, 6.07) is 9.32. The third kappa shape index (κ3) is 2.38. The average molecular weight is 269 g/mol. The number of nitrogens with one attached hydrogen (secondary N) is 2. The fourth-order valence-electron chi connectivity index (χ4n) is 3.21. The molecule has 0 radical (unpaired) electrons. The number of hydrogen-bond donors (Lipinski definition) is 2. The number of benzene rings is 1. The van der Waals surface area contributed by atoms with Crippen LogP contribution in [0.1, 0.15) is 55.1 Å². The van der Waals surface area contributed by atoms with Crippen LogP contribution in [0.5, 0.6) is 0 Å². The van der Waals surface area contributed by atoms with Crippen LogP contribution in [0.25, 0.3) is 0 Å². The van der Waals surface area contributed by atoms with Gasteiger partial charge in [-0.2, -0.15) is 5.10 Å². The summed E-state index contributed by atoms with van der Waals surface area (Å²) >= 11 is 0. The summed E-state index contributed by atoms with van der Waals surface area (Å²) in [6.07, 6.45) is 4.34. The molecule has 0 amide bonds. The van der Waals surface area contributed by atoms with E-state index in [1.165, 1.54) is 29.5 Å². The van der Waals surface area contributed by atoms with Crippen LogP contribution < -0.4 is 5.32 Å². The van der Waals surface area contributed by atoms with Gasteiger partial charge >= 0.3 is 0 Å². The molecular weight excluding hydrogens is 246 g/mol. The van der Waals surface area contributed by atoms with Crippen LogP contribution in [0, 0.1) is 6.92 Å². The van der Waals surface area contributed by atoms with E-state index in [2.05, 4.69) is 60.6 Å². The summed E-state index contributed by atoms with van der Waals surface area (Å²) in [7, 11) is 0. The summed E-state index contributed by atoms with van der Waals surface area (Å²) in [5, 5.41) is 10.8. The summed E-state index contributed by atoms with van der Waals surface area (Å²) < 4.78 is 0. The van der Waals surface area contributed by atoms with Gasteiger partial charge in [-0.05, 0) is 36.3 Å². The van der Waals surface area contributed by atoms with Gasteiger partial charge in [0.1, 0.15) is 0 Å². The number of nitrogens with zero attached hydrogens (tertiary/aromatic N) is 1. The van der Waals surface area contributed by atoms with Gasteiger partial charge in [0.2, 0.25) is 0 Å². The fourth-order valence-corrected chi connectivity index (χ4v) is 3.21. The Morgan fingerprint density at radius 1 is 1.35 bits per heavy atom. The first-order chi connectivity index (χ1) is 9.58. The molecule has 1 aliphatic rings. The highest BCUT2D eigenvalue weighted by atomic mass is 15.1. The van der Waals surface area contributed by atoms with E-state index in [9.17, 15) is 0 Å². The molecule has 0 saturated heterocycles. The van der Waals surface area contributed by atoms with Gasteiger partial charge in [-0.15, -0.1) is 0 Å². The summed E-state index contributed by atoms with van der Waals surface area (Å²) in [6.45, 7) is 7.65. The lowest BCUT2D eigenvalue weighted by molar-refractivity contribution is 0.357. The van der Waals surface area contributed by atoms with Crippen molar-refractivity contribution in [1.82, 2.24) is 15.5 Å². The molecule has 2 aromatic rings. The van der Waals surface area contributed by atoms with Gasteiger partial charge in [0, 0.05) is 23.8 Å². The van der Waals surface area contributed by atoms with Crippen LogP contribution >= 0.6 is 0 Å². The Morgan fingerprint density at radius 3 is 2.90 bits per heavy atom. The largest absolute Gasteiger partial charge is 0.306 e. The van der Waals surface area contributed by atoms with Crippen molar-refractivity contribution in [1.29, 1.82) is 0 Å². The predicted octanol–water partition coefficient (Wildman–Crippen LogP) is 3.62. The van der Waals surface area contributed by atoms with Gasteiger partial charge in [0.05, 0.1) is 6.20 Å². The molecule has 1 aromatic carbocycles. The second-order valence-electron chi connectivity index (χ2n) is 6.46. The molecule has 1 heterocycles. The van der Waals surface area contributed by atoms with Crippen molar-refractivity contribution in [3.8, 4) is 0 Å². The lowest BCUT2D eigenvalue weighted by Gasteiger charge is -2.37. The van der Waals surface area contributed by atoms with E-state index in [-0.39, 0.29) is 0 Å². The third-order valence-corrected chi connectivity index (χ3v) is 4.60. The quantitative estimate of drug-likeness (QED) is 0.893. The normalized spacial score (nSPS) is 20.6. The van der Waals surface area contributed by atoms with Gasteiger partial charge in [-0.25, -0.2) is 0 Å². The molecule has 0 bridgehead atoms. The Labute approximate surface area is 120 Å². The van der Waals surface area contributed by atoms with Crippen molar-refractivity contribution in [2.45, 2.75) is 51.6 Å². The Hall–Kier alpha value is -1.61. The molecule has 3 rings (SSSR count). The second-order valence-corrected chi connectivity index (χ2v) is 6.46. The van der Waals surface area contributed by atoms with Gasteiger partial charge < -0.3 is 5.32 Å². The van der Waals surface area contributed by atoms with Crippen molar-refractivity contribution in [3.63, 3.8) is 0 Å². The molecule has 2 N–H and O–H groups in total. The highest BCUT2D eigenvalue weighted by Gasteiger charge is 2.31. The topological polar surface area (TPSA) is 40.7 Å².